The van der Waals surface area contributed by atoms with Crippen LogP contribution in [0.3, 0.4) is 0 Å². The number of hydrogen-bond donors (Lipinski definition) is 0. The molecule has 2 fully saturated rings. The minimum absolute atomic E-state index is 0.171. The van der Waals surface area contributed by atoms with Gasteiger partial charge in [-0.2, -0.15) is 11.3 Å². The van der Waals surface area contributed by atoms with Crippen LogP contribution in [-0.4, -0.2) is 18.3 Å². The Morgan fingerprint density at radius 3 is 2.29 bits per heavy atom. The fraction of sp³-hybridized carbons (Fsp3) is 0.692. The Hall–Kier alpha value is -0.315. The highest BCUT2D eigenvalue weighted by molar-refractivity contribution is 7.21. The SMILES string of the molecule is CC1(C)OB(c2sccc2C2CC2)OC1(C)C. The number of rotatable bonds is 2. The molecule has 0 N–H and O–H groups in total. The minimum Gasteiger partial charge on any atom is -0.399 e. The molecule has 1 saturated carbocycles. The Morgan fingerprint density at radius 1 is 1.18 bits per heavy atom. The lowest BCUT2D eigenvalue weighted by molar-refractivity contribution is 0.00578. The van der Waals surface area contributed by atoms with Gasteiger partial charge in [0.1, 0.15) is 0 Å². The summed E-state index contributed by atoms with van der Waals surface area (Å²) in [4.78, 5) is 0. The van der Waals surface area contributed by atoms with Crippen LogP contribution in [0.5, 0.6) is 0 Å². The summed E-state index contributed by atoms with van der Waals surface area (Å²) in [5.74, 6) is 0.760. The van der Waals surface area contributed by atoms with Crippen LogP contribution in [-0.2, 0) is 9.31 Å². The first-order chi connectivity index (χ1) is 7.91. The van der Waals surface area contributed by atoms with E-state index in [-0.39, 0.29) is 18.3 Å². The second-order valence-electron chi connectivity index (χ2n) is 6.10. The van der Waals surface area contributed by atoms with Crippen LogP contribution in [0, 0.1) is 0 Å². The molecule has 0 radical (unpaired) electrons. The highest BCUT2D eigenvalue weighted by atomic mass is 32.1. The van der Waals surface area contributed by atoms with E-state index in [0.29, 0.717) is 0 Å². The van der Waals surface area contributed by atoms with Gasteiger partial charge in [0.05, 0.1) is 11.2 Å². The molecule has 2 nitrogen and oxygen atoms in total. The van der Waals surface area contributed by atoms with Gasteiger partial charge in [0.15, 0.2) is 0 Å². The Morgan fingerprint density at radius 2 is 1.76 bits per heavy atom. The fourth-order valence-electron chi connectivity index (χ4n) is 2.20. The van der Waals surface area contributed by atoms with E-state index in [0.717, 1.165) is 5.92 Å². The maximum absolute atomic E-state index is 6.12. The van der Waals surface area contributed by atoms with Crippen molar-refractivity contribution < 1.29 is 9.31 Å². The third-order valence-electron chi connectivity index (χ3n) is 4.21. The van der Waals surface area contributed by atoms with Crippen molar-refractivity contribution in [1.29, 1.82) is 0 Å². The molecule has 0 amide bonds. The van der Waals surface area contributed by atoms with Crippen molar-refractivity contribution in [1.82, 2.24) is 0 Å². The van der Waals surface area contributed by atoms with Gasteiger partial charge in [0, 0.05) is 4.78 Å². The average Bonchev–Trinajstić information content (AvgIpc) is 2.88. The minimum atomic E-state index is -0.234. The molecule has 1 aliphatic heterocycles. The maximum Gasteiger partial charge on any atom is 0.505 e. The molecule has 17 heavy (non-hydrogen) atoms. The molecule has 0 spiro atoms. The van der Waals surface area contributed by atoms with Crippen LogP contribution < -0.4 is 4.78 Å². The standard InChI is InChI=1S/C13H19BO2S/c1-12(2)13(3,4)16-14(15-12)11-10(7-8-17-11)9-5-6-9/h7-9H,5-6H2,1-4H3. The first-order valence-corrected chi connectivity index (χ1v) is 7.21. The van der Waals surface area contributed by atoms with Gasteiger partial charge in [0.25, 0.3) is 0 Å². The van der Waals surface area contributed by atoms with Gasteiger partial charge in [-0.05, 0) is 63.5 Å². The third kappa shape index (κ3) is 1.87. The first-order valence-electron chi connectivity index (χ1n) is 6.34. The molecule has 1 saturated heterocycles. The molecule has 2 aliphatic rings. The van der Waals surface area contributed by atoms with E-state index >= 15 is 0 Å². The number of hydrogen-bond acceptors (Lipinski definition) is 3. The smallest absolute Gasteiger partial charge is 0.399 e. The topological polar surface area (TPSA) is 18.5 Å². The lowest BCUT2D eigenvalue weighted by atomic mass is 9.83. The predicted molar refractivity (Wildman–Crippen MR) is 72.0 cm³/mol. The summed E-state index contributed by atoms with van der Waals surface area (Å²) in [6, 6.07) is 2.24. The zero-order valence-corrected chi connectivity index (χ0v) is 11.8. The molecule has 1 aliphatic carbocycles. The van der Waals surface area contributed by atoms with E-state index < -0.39 is 0 Å². The van der Waals surface area contributed by atoms with E-state index in [1.807, 2.05) is 0 Å². The predicted octanol–water partition coefficient (Wildman–Crippen LogP) is 2.92. The Labute approximate surface area is 107 Å². The van der Waals surface area contributed by atoms with Crippen molar-refractivity contribution in [3.8, 4) is 0 Å². The quantitative estimate of drug-likeness (QED) is 0.751. The molecule has 0 unspecified atom stereocenters. The van der Waals surface area contributed by atoms with Crippen LogP contribution in [0.1, 0.15) is 52.0 Å². The van der Waals surface area contributed by atoms with Gasteiger partial charge in [-0.1, -0.05) is 0 Å². The Balaban J connectivity index is 1.89. The largest absolute Gasteiger partial charge is 0.505 e. The lowest BCUT2D eigenvalue weighted by Crippen LogP contribution is -2.41. The van der Waals surface area contributed by atoms with Crippen LogP contribution >= 0.6 is 11.3 Å². The fourth-order valence-corrected chi connectivity index (χ4v) is 3.14. The van der Waals surface area contributed by atoms with E-state index in [2.05, 4.69) is 39.1 Å². The van der Waals surface area contributed by atoms with Crippen molar-refractivity contribution in [3.05, 3.63) is 17.0 Å². The van der Waals surface area contributed by atoms with Gasteiger partial charge in [-0.3, -0.25) is 0 Å². The number of thiophene rings is 1. The highest BCUT2D eigenvalue weighted by Crippen LogP contribution is 2.42. The molecular formula is C13H19BO2S. The van der Waals surface area contributed by atoms with E-state index in [9.17, 15) is 0 Å². The van der Waals surface area contributed by atoms with Crippen molar-refractivity contribution in [3.63, 3.8) is 0 Å². The van der Waals surface area contributed by atoms with Gasteiger partial charge >= 0.3 is 7.12 Å². The molecule has 1 aromatic heterocycles. The second kappa shape index (κ2) is 3.59. The van der Waals surface area contributed by atoms with E-state index in [4.69, 9.17) is 9.31 Å². The zero-order valence-electron chi connectivity index (χ0n) is 10.9. The molecule has 4 heteroatoms. The molecule has 0 bridgehead atoms. The van der Waals surface area contributed by atoms with Crippen LogP contribution in [0.15, 0.2) is 11.4 Å². The summed E-state index contributed by atoms with van der Waals surface area (Å²) < 4.78 is 13.5. The monoisotopic (exact) mass is 250 g/mol. The third-order valence-corrected chi connectivity index (χ3v) is 5.17. The zero-order chi connectivity index (χ0) is 12.3. The molecular weight excluding hydrogens is 231 g/mol. The lowest BCUT2D eigenvalue weighted by Gasteiger charge is -2.32. The molecule has 1 aromatic rings. The summed E-state index contributed by atoms with van der Waals surface area (Å²) in [5, 5.41) is 2.16. The van der Waals surface area contributed by atoms with Crippen LogP contribution in [0.25, 0.3) is 0 Å². The molecule has 0 aromatic carbocycles. The Kier molecular flexibility index (Phi) is 2.48. The maximum atomic E-state index is 6.12. The van der Waals surface area contributed by atoms with Crippen LogP contribution in [0.4, 0.5) is 0 Å². The molecule has 92 valence electrons. The van der Waals surface area contributed by atoms with Gasteiger partial charge < -0.3 is 9.31 Å². The molecule has 3 rings (SSSR count). The summed E-state index contributed by atoms with van der Waals surface area (Å²) in [6.45, 7) is 8.43. The van der Waals surface area contributed by atoms with Crippen molar-refractivity contribution >= 4 is 23.2 Å². The normalized spacial score (nSPS) is 26.5. The van der Waals surface area contributed by atoms with Gasteiger partial charge in [0.2, 0.25) is 0 Å². The average molecular weight is 250 g/mol. The van der Waals surface area contributed by atoms with Crippen molar-refractivity contribution in [2.75, 3.05) is 0 Å². The summed E-state index contributed by atoms with van der Waals surface area (Å²) in [6.07, 6.45) is 2.65. The van der Waals surface area contributed by atoms with Gasteiger partial charge in [-0.15, -0.1) is 0 Å². The second-order valence-corrected chi connectivity index (χ2v) is 7.05. The first kappa shape index (κ1) is 11.8. The summed E-state index contributed by atoms with van der Waals surface area (Å²) in [5.41, 5.74) is 0.985. The van der Waals surface area contributed by atoms with Gasteiger partial charge in [-0.25, -0.2) is 0 Å². The highest BCUT2D eigenvalue weighted by Gasteiger charge is 2.53. The van der Waals surface area contributed by atoms with Crippen LogP contribution in [0.2, 0.25) is 0 Å². The summed E-state index contributed by atoms with van der Waals surface area (Å²) in [7, 11) is -0.171. The van der Waals surface area contributed by atoms with E-state index in [1.54, 1.807) is 11.3 Å². The molecule has 2 heterocycles. The van der Waals surface area contributed by atoms with Crippen molar-refractivity contribution in [2.45, 2.75) is 57.7 Å². The summed E-state index contributed by atoms with van der Waals surface area (Å²) >= 11 is 1.77. The van der Waals surface area contributed by atoms with Crippen molar-refractivity contribution in [2.24, 2.45) is 0 Å². The Bertz CT molecular complexity index is 418. The van der Waals surface area contributed by atoms with E-state index in [1.165, 1.54) is 23.2 Å². The molecule has 0 atom stereocenters.